The summed E-state index contributed by atoms with van der Waals surface area (Å²) in [6.07, 6.45) is 8.12. The average molecular weight is 192 g/mol. The molecule has 0 spiro atoms. The molecule has 0 aliphatic heterocycles. The van der Waals surface area contributed by atoms with Crippen LogP contribution >= 0.6 is 7.49 Å². The second kappa shape index (κ2) is 6.86. The molecule has 0 aromatic heterocycles. The van der Waals surface area contributed by atoms with E-state index in [1.165, 1.54) is 12.8 Å². The van der Waals surface area contributed by atoms with E-state index in [0.717, 1.165) is 31.3 Å². The SMILES string of the molecule is CCCC[PH](O)(CCC)CCC. The summed E-state index contributed by atoms with van der Waals surface area (Å²) in [6, 6.07) is 0. The van der Waals surface area contributed by atoms with Crippen molar-refractivity contribution >= 4 is 7.49 Å². The van der Waals surface area contributed by atoms with Gasteiger partial charge in [0.25, 0.3) is 0 Å². The summed E-state index contributed by atoms with van der Waals surface area (Å²) in [6.45, 7) is 6.56. The van der Waals surface area contributed by atoms with E-state index in [9.17, 15) is 4.89 Å². The van der Waals surface area contributed by atoms with Gasteiger partial charge < -0.3 is 0 Å². The molecule has 0 fully saturated rings. The molecule has 1 N–H and O–H groups in total. The molecule has 0 bridgehead atoms. The third kappa shape index (κ3) is 5.11. The Morgan fingerprint density at radius 3 is 1.67 bits per heavy atom. The van der Waals surface area contributed by atoms with Crippen molar-refractivity contribution in [2.75, 3.05) is 18.5 Å². The molecule has 0 saturated heterocycles. The minimum atomic E-state index is -1.77. The van der Waals surface area contributed by atoms with Crippen LogP contribution in [0.25, 0.3) is 0 Å². The van der Waals surface area contributed by atoms with E-state index in [1.54, 1.807) is 0 Å². The van der Waals surface area contributed by atoms with E-state index in [-0.39, 0.29) is 0 Å². The Labute approximate surface area is 78.0 Å². The number of unbranched alkanes of at least 4 members (excludes halogenated alkanes) is 1. The standard InChI is InChI=1S/C10H25OP/c1-4-7-10-12(11,8-5-2)9-6-3/h11-12H,4-10H2,1-3H3. The van der Waals surface area contributed by atoms with Crippen molar-refractivity contribution in [3.05, 3.63) is 0 Å². The predicted molar refractivity (Wildman–Crippen MR) is 60.6 cm³/mol. The van der Waals surface area contributed by atoms with Crippen molar-refractivity contribution in [1.29, 1.82) is 0 Å². The summed E-state index contributed by atoms with van der Waals surface area (Å²) in [4.78, 5) is 10.3. The van der Waals surface area contributed by atoms with Gasteiger partial charge in [-0.1, -0.05) is 0 Å². The van der Waals surface area contributed by atoms with E-state index in [4.69, 9.17) is 0 Å². The molecule has 0 saturated carbocycles. The monoisotopic (exact) mass is 192 g/mol. The van der Waals surface area contributed by atoms with E-state index in [0.29, 0.717) is 0 Å². The molecular weight excluding hydrogens is 167 g/mol. The van der Waals surface area contributed by atoms with Gasteiger partial charge in [0.15, 0.2) is 0 Å². The second-order valence-corrected chi connectivity index (χ2v) is 7.78. The van der Waals surface area contributed by atoms with Crippen LogP contribution in [0.5, 0.6) is 0 Å². The van der Waals surface area contributed by atoms with Gasteiger partial charge in [0.2, 0.25) is 0 Å². The molecule has 0 atom stereocenters. The molecule has 2 heteroatoms. The molecule has 1 nitrogen and oxygen atoms in total. The quantitative estimate of drug-likeness (QED) is 0.614. The van der Waals surface area contributed by atoms with Gasteiger partial charge in [0.05, 0.1) is 0 Å². The normalized spacial score (nSPS) is 13.3. The Balaban J connectivity index is 3.80. The van der Waals surface area contributed by atoms with Crippen LogP contribution in [-0.4, -0.2) is 23.4 Å². The summed E-state index contributed by atoms with van der Waals surface area (Å²) >= 11 is 0. The van der Waals surface area contributed by atoms with Crippen LogP contribution in [0.4, 0.5) is 0 Å². The molecule has 0 aliphatic carbocycles. The van der Waals surface area contributed by atoms with Gasteiger partial charge in [0, 0.05) is 0 Å². The van der Waals surface area contributed by atoms with E-state index < -0.39 is 7.49 Å². The Hall–Kier alpha value is 0.390. The Kier molecular flexibility index (Phi) is 7.08. The molecular formula is C10H25OP. The molecule has 0 aromatic rings. The molecule has 12 heavy (non-hydrogen) atoms. The fourth-order valence-corrected chi connectivity index (χ4v) is 5.43. The van der Waals surface area contributed by atoms with Crippen LogP contribution in [0.3, 0.4) is 0 Å². The van der Waals surface area contributed by atoms with Crippen LogP contribution in [0.2, 0.25) is 0 Å². The maximum atomic E-state index is 10.3. The van der Waals surface area contributed by atoms with Gasteiger partial charge in [-0.25, -0.2) is 0 Å². The molecule has 0 rings (SSSR count). The van der Waals surface area contributed by atoms with Crippen molar-refractivity contribution in [3.8, 4) is 0 Å². The first kappa shape index (κ1) is 12.4. The molecule has 0 radical (unpaired) electrons. The van der Waals surface area contributed by atoms with Gasteiger partial charge in [-0.15, -0.1) is 0 Å². The van der Waals surface area contributed by atoms with Crippen molar-refractivity contribution in [1.82, 2.24) is 0 Å². The molecule has 76 valence electrons. The topological polar surface area (TPSA) is 20.2 Å². The summed E-state index contributed by atoms with van der Waals surface area (Å²) < 4.78 is 0. The third-order valence-corrected chi connectivity index (χ3v) is 6.57. The fourth-order valence-electron chi connectivity index (χ4n) is 1.81. The molecule has 0 amide bonds. The predicted octanol–water partition coefficient (Wildman–Crippen LogP) is 3.26. The van der Waals surface area contributed by atoms with E-state index >= 15 is 0 Å². The van der Waals surface area contributed by atoms with E-state index in [1.807, 2.05) is 0 Å². The van der Waals surface area contributed by atoms with Crippen LogP contribution in [0.1, 0.15) is 46.5 Å². The molecule has 0 unspecified atom stereocenters. The maximum absolute atomic E-state index is 10.3. The van der Waals surface area contributed by atoms with Gasteiger partial charge in [-0.3, -0.25) is 0 Å². The molecule has 0 aromatic carbocycles. The first-order chi connectivity index (χ1) is 5.68. The summed E-state index contributed by atoms with van der Waals surface area (Å²) in [5.74, 6) is 0. The Morgan fingerprint density at radius 2 is 1.33 bits per heavy atom. The van der Waals surface area contributed by atoms with Crippen LogP contribution < -0.4 is 0 Å². The summed E-state index contributed by atoms with van der Waals surface area (Å²) in [5, 5.41) is 0. The summed E-state index contributed by atoms with van der Waals surface area (Å²) in [7, 11) is -1.77. The second-order valence-electron chi connectivity index (χ2n) is 3.83. The van der Waals surface area contributed by atoms with Crippen LogP contribution in [-0.2, 0) is 0 Å². The van der Waals surface area contributed by atoms with Crippen molar-refractivity contribution in [2.45, 2.75) is 46.5 Å². The molecule has 0 aliphatic rings. The third-order valence-electron chi connectivity index (χ3n) is 2.43. The van der Waals surface area contributed by atoms with Crippen molar-refractivity contribution in [3.63, 3.8) is 0 Å². The van der Waals surface area contributed by atoms with Gasteiger partial charge in [-0.2, -0.15) is 0 Å². The van der Waals surface area contributed by atoms with Crippen molar-refractivity contribution < 1.29 is 4.89 Å². The number of rotatable bonds is 7. The van der Waals surface area contributed by atoms with Crippen LogP contribution in [0, 0.1) is 0 Å². The zero-order valence-corrected chi connectivity index (χ0v) is 9.90. The van der Waals surface area contributed by atoms with Gasteiger partial charge >= 0.3 is 77.3 Å². The first-order valence-corrected chi connectivity index (χ1v) is 7.97. The Bertz CT molecular complexity index is 98.0. The Morgan fingerprint density at radius 1 is 0.833 bits per heavy atom. The van der Waals surface area contributed by atoms with Gasteiger partial charge in [-0.05, 0) is 0 Å². The minimum absolute atomic E-state index is 1.11. The average Bonchev–Trinajstić information content (AvgIpc) is 2.02. The van der Waals surface area contributed by atoms with E-state index in [2.05, 4.69) is 20.8 Å². The van der Waals surface area contributed by atoms with Gasteiger partial charge in [0.1, 0.15) is 0 Å². The zero-order valence-electron chi connectivity index (χ0n) is 8.90. The van der Waals surface area contributed by atoms with Crippen LogP contribution in [0.15, 0.2) is 0 Å². The first-order valence-electron chi connectivity index (χ1n) is 5.41. The summed E-state index contributed by atoms with van der Waals surface area (Å²) in [5.41, 5.74) is 0. The number of hydrogen-bond donors (Lipinski definition) is 1. The zero-order chi connectivity index (χ0) is 9.45. The fraction of sp³-hybridized carbons (Fsp3) is 1.00. The number of hydrogen-bond acceptors (Lipinski definition) is 1. The molecule has 0 heterocycles. The van der Waals surface area contributed by atoms with Crippen molar-refractivity contribution in [2.24, 2.45) is 0 Å².